The van der Waals surface area contributed by atoms with E-state index in [1.165, 1.54) is 0 Å². The number of hydrogen-bond donors (Lipinski definition) is 0. The molecule has 1 aromatic heterocycles. The number of thiophene rings is 1. The van der Waals surface area contributed by atoms with E-state index in [2.05, 4.69) is 28.0 Å². The minimum absolute atomic E-state index is 0.107. The largest absolute Gasteiger partial charge is 0.372 e. The van der Waals surface area contributed by atoms with Crippen molar-refractivity contribution in [2.45, 2.75) is 12.8 Å². The summed E-state index contributed by atoms with van der Waals surface area (Å²) in [6.45, 7) is 9.97. The number of nitriles is 2. The van der Waals surface area contributed by atoms with Crippen LogP contribution in [0.2, 0.25) is 0 Å². The van der Waals surface area contributed by atoms with Gasteiger partial charge in [-0.3, -0.25) is 0 Å². The Labute approximate surface area is 202 Å². The van der Waals surface area contributed by atoms with E-state index in [0.29, 0.717) is 5.22 Å². The molecule has 0 radical (unpaired) electrons. The predicted octanol–water partition coefficient (Wildman–Crippen LogP) is 5.75. The molecule has 0 aliphatic carbocycles. The molecule has 5 heteroatoms. The van der Waals surface area contributed by atoms with Gasteiger partial charge in [-0.25, -0.2) is 4.85 Å². The molecule has 3 aromatic carbocycles. The maximum absolute atomic E-state index is 9.42. The van der Waals surface area contributed by atoms with Crippen LogP contribution in [0, 0.1) is 29.2 Å². The molecule has 1 aliphatic rings. The topological polar surface area (TPSA) is 55.2 Å². The molecular formula is C29H20N4S. The van der Waals surface area contributed by atoms with Crippen molar-refractivity contribution in [3.8, 4) is 23.3 Å². The lowest BCUT2D eigenvalue weighted by atomic mass is 10.0. The van der Waals surface area contributed by atoms with E-state index in [-0.39, 0.29) is 5.57 Å². The molecule has 0 amide bonds. The summed E-state index contributed by atoms with van der Waals surface area (Å²) in [6, 6.07) is 25.8. The number of rotatable bonds is 3. The van der Waals surface area contributed by atoms with Crippen LogP contribution in [-0.4, -0.2) is 13.1 Å². The first kappa shape index (κ1) is 21.5. The monoisotopic (exact) mass is 456 g/mol. The SMILES string of the molecule is [C-]#[N+]c1c(N2CCCC2)sc(C=c2ccc(=C(C#N)C#N)c3ccccc23)c1-c1ccccc1. The first-order valence-corrected chi connectivity index (χ1v) is 12.0. The van der Waals surface area contributed by atoms with E-state index in [9.17, 15) is 10.5 Å². The number of nitrogens with zero attached hydrogens (tertiary/aromatic N) is 4. The van der Waals surface area contributed by atoms with Gasteiger partial charge in [-0.1, -0.05) is 66.7 Å². The van der Waals surface area contributed by atoms with Crippen molar-refractivity contribution in [3.05, 3.63) is 93.5 Å². The van der Waals surface area contributed by atoms with Gasteiger partial charge in [0.1, 0.15) is 17.7 Å². The van der Waals surface area contributed by atoms with Crippen LogP contribution in [0.15, 0.2) is 66.7 Å². The third kappa shape index (κ3) is 3.71. The zero-order chi connectivity index (χ0) is 23.5. The molecule has 1 fully saturated rings. The van der Waals surface area contributed by atoms with Crippen molar-refractivity contribution in [2.75, 3.05) is 18.0 Å². The van der Waals surface area contributed by atoms with E-state index < -0.39 is 0 Å². The van der Waals surface area contributed by atoms with Crippen LogP contribution in [0.25, 0.3) is 38.4 Å². The van der Waals surface area contributed by atoms with Crippen LogP contribution in [0.3, 0.4) is 0 Å². The van der Waals surface area contributed by atoms with E-state index in [4.69, 9.17) is 6.57 Å². The Balaban J connectivity index is 1.83. The second kappa shape index (κ2) is 9.24. The maximum atomic E-state index is 9.42. The van der Waals surface area contributed by atoms with Crippen LogP contribution in [0.5, 0.6) is 0 Å². The Kier molecular flexibility index (Phi) is 5.84. The first-order valence-electron chi connectivity index (χ1n) is 11.1. The number of fused-ring (bicyclic) bond motifs is 1. The number of hydrogen-bond acceptors (Lipinski definition) is 4. The lowest BCUT2D eigenvalue weighted by molar-refractivity contribution is 0.949. The second-order valence-corrected chi connectivity index (χ2v) is 9.19. The zero-order valence-corrected chi connectivity index (χ0v) is 19.3. The third-order valence-electron chi connectivity index (χ3n) is 6.20. The molecule has 1 saturated heterocycles. The van der Waals surface area contributed by atoms with E-state index in [0.717, 1.165) is 68.6 Å². The highest BCUT2D eigenvalue weighted by Gasteiger charge is 2.24. The van der Waals surface area contributed by atoms with Gasteiger partial charge in [0.2, 0.25) is 5.69 Å². The number of anilines is 1. The summed E-state index contributed by atoms with van der Waals surface area (Å²) in [5.41, 5.74) is 2.83. The van der Waals surface area contributed by atoms with Gasteiger partial charge < -0.3 is 4.90 Å². The summed E-state index contributed by atoms with van der Waals surface area (Å²) in [5, 5.41) is 23.4. The van der Waals surface area contributed by atoms with Gasteiger partial charge >= 0.3 is 0 Å². The summed E-state index contributed by atoms with van der Waals surface area (Å²) >= 11 is 1.67. The Morgan fingerprint density at radius 1 is 0.912 bits per heavy atom. The van der Waals surface area contributed by atoms with Crippen molar-refractivity contribution in [3.63, 3.8) is 0 Å². The van der Waals surface area contributed by atoms with Gasteiger partial charge in [0.05, 0.1) is 11.6 Å². The average Bonchev–Trinajstić information content (AvgIpc) is 3.54. The molecule has 162 valence electrons. The fraction of sp³-hybridized carbons (Fsp3) is 0.138. The normalized spacial score (nSPS) is 13.4. The molecule has 34 heavy (non-hydrogen) atoms. The van der Waals surface area contributed by atoms with Gasteiger partial charge in [0.25, 0.3) is 0 Å². The fourth-order valence-electron chi connectivity index (χ4n) is 4.60. The highest BCUT2D eigenvalue weighted by molar-refractivity contribution is 7.18. The molecule has 0 saturated carbocycles. The van der Waals surface area contributed by atoms with Gasteiger partial charge in [-0.05, 0) is 40.5 Å². The van der Waals surface area contributed by atoms with Gasteiger partial charge in [-0.2, -0.15) is 10.5 Å². The Hall–Kier alpha value is -4.37. The Morgan fingerprint density at radius 3 is 2.26 bits per heavy atom. The van der Waals surface area contributed by atoms with Crippen molar-refractivity contribution >= 4 is 44.4 Å². The predicted molar refractivity (Wildman–Crippen MR) is 139 cm³/mol. The van der Waals surface area contributed by atoms with E-state index >= 15 is 0 Å². The fourth-order valence-corrected chi connectivity index (χ4v) is 5.87. The van der Waals surface area contributed by atoms with E-state index in [1.807, 2.05) is 66.7 Å². The minimum atomic E-state index is 0.107. The molecular weight excluding hydrogens is 436 g/mol. The second-order valence-electron chi connectivity index (χ2n) is 8.16. The van der Waals surface area contributed by atoms with Crippen molar-refractivity contribution in [1.29, 1.82) is 10.5 Å². The molecule has 4 aromatic rings. The first-order chi connectivity index (χ1) is 16.7. The molecule has 0 bridgehead atoms. The molecule has 0 spiro atoms. The summed E-state index contributed by atoms with van der Waals surface area (Å²) in [4.78, 5) is 7.38. The molecule has 0 unspecified atom stereocenters. The Morgan fingerprint density at radius 2 is 1.59 bits per heavy atom. The lowest BCUT2D eigenvalue weighted by Gasteiger charge is -2.15. The smallest absolute Gasteiger partial charge is 0.228 e. The van der Waals surface area contributed by atoms with Crippen molar-refractivity contribution < 1.29 is 0 Å². The quantitative estimate of drug-likeness (QED) is 0.369. The van der Waals surface area contributed by atoms with Gasteiger partial charge in [0.15, 0.2) is 0 Å². The summed E-state index contributed by atoms with van der Waals surface area (Å²) in [7, 11) is 0. The highest BCUT2D eigenvalue weighted by Crippen LogP contribution is 2.49. The molecule has 0 N–H and O–H groups in total. The Bertz CT molecular complexity index is 1620. The van der Waals surface area contributed by atoms with Crippen LogP contribution in [-0.2, 0) is 0 Å². The molecule has 5 rings (SSSR count). The van der Waals surface area contributed by atoms with Crippen molar-refractivity contribution in [2.24, 2.45) is 0 Å². The number of benzene rings is 3. The van der Waals surface area contributed by atoms with E-state index in [1.54, 1.807) is 11.3 Å². The summed E-state index contributed by atoms with van der Waals surface area (Å²) in [5.74, 6) is 0. The highest BCUT2D eigenvalue weighted by atomic mass is 32.1. The molecule has 0 atom stereocenters. The minimum Gasteiger partial charge on any atom is -0.372 e. The van der Waals surface area contributed by atoms with Crippen LogP contribution in [0.4, 0.5) is 10.7 Å². The summed E-state index contributed by atoms with van der Waals surface area (Å²) in [6.07, 6.45) is 4.45. The average molecular weight is 457 g/mol. The maximum Gasteiger partial charge on any atom is 0.228 e. The summed E-state index contributed by atoms with van der Waals surface area (Å²) < 4.78 is 0. The molecule has 1 aliphatic heterocycles. The van der Waals surface area contributed by atoms with Gasteiger partial charge in [0, 0.05) is 28.7 Å². The van der Waals surface area contributed by atoms with Crippen molar-refractivity contribution in [1.82, 2.24) is 0 Å². The van der Waals surface area contributed by atoms with Crippen LogP contribution in [0.1, 0.15) is 17.7 Å². The standard InChI is InChI=1S/C29H20N4S/c1-32-28-27(20-9-3-2-4-10-20)26(34-29(28)33-15-7-8-16-33)17-21-13-14-24(22(18-30)19-31)25-12-6-5-11-23(21)25/h2-6,9-14,17H,7-8,15-16H2. The van der Waals surface area contributed by atoms with Gasteiger partial charge in [-0.15, -0.1) is 11.3 Å². The lowest BCUT2D eigenvalue weighted by Crippen LogP contribution is -2.16. The third-order valence-corrected chi connectivity index (χ3v) is 7.38. The molecule has 4 nitrogen and oxygen atoms in total. The van der Waals surface area contributed by atoms with Crippen LogP contribution < -0.4 is 15.3 Å². The van der Waals surface area contributed by atoms with Crippen LogP contribution >= 0.6 is 11.3 Å². The zero-order valence-electron chi connectivity index (χ0n) is 18.5. The molecule has 2 heterocycles.